The summed E-state index contributed by atoms with van der Waals surface area (Å²) in [4.78, 5) is 24.3. The van der Waals surface area contributed by atoms with Crippen LogP contribution < -0.4 is 5.32 Å². The number of nitro benzene ring substituents is 1. The Morgan fingerprint density at radius 3 is 2.66 bits per heavy atom. The van der Waals surface area contributed by atoms with Gasteiger partial charge in [0.25, 0.3) is 5.69 Å². The molecule has 0 fully saturated rings. The Balaban J connectivity index is 1.56. The van der Waals surface area contributed by atoms with E-state index in [1.165, 1.54) is 12.1 Å². The summed E-state index contributed by atoms with van der Waals surface area (Å²) in [5, 5.41) is 19.0. The number of nitrogens with one attached hydrogen (secondary N) is 1. The molecular weight excluding hydrogens is 370 g/mol. The smallest absolute Gasteiger partial charge is 0.269 e. The van der Waals surface area contributed by atoms with Gasteiger partial charge >= 0.3 is 0 Å². The molecule has 9 heteroatoms. The molecule has 1 aromatic carbocycles. The average molecular weight is 393 g/mol. The van der Waals surface area contributed by atoms with Crippen LogP contribution in [0.25, 0.3) is 11.4 Å². The predicted molar refractivity (Wildman–Crippen MR) is 109 cm³/mol. The first-order valence-corrected chi connectivity index (χ1v) is 9.87. The van der Waals surface area contributed by atoms with E-state index in [9.17, 15) is 10.1 Å². The number of non-ortho nitro benzene ring substituents is 1. The Morgan fingerprint density at radius 2 is 1.97 bits per heavy atom. The minimum absolute atomic E-state index is 0.0519. The molecule has 0 aliphatic carbocycles. The molecule has 0 saturated heterocycles. The molecule has 1 unspecified atom stereocenters. The highest BCUT2D eigenvalue weighted by atomic mass is 16.6. The number of hydrogen-bond donors (Lipinski definition) is 1. The van der Waals surface area contributed by atoms with Crippen LogP contribution in [0.5, 0.6) is 0 Å². The third-order valence-electron chi connectivity index (χ3n) is 5.05. The summed E-state index contributed by atoms with van der Waals surface area (Å²) in [7, 11) is 0. The summed E-state index contributed by atoms with van der Waals surface area (Å²) in [5.41, 5.74) is 1.72. The summed E-state index contributed by atoms with van der Waals surface area (Å²) >= 11 is 0. The zero-order chi connectivity index (χ0) is 20.4. The van der Waals surface area contributed by atoms with Gasteiger partial charge in [0.05, 0.1) is 11.5 Å². The van der Waals surface area contributed by atoms with Crippen molar-refractivity contribution < 1.29 is 4.92 Å². The molecule has 0 bridgehead atoms. The van der Waals surface area contributed by atoms with Gasteiger partial charge in [-0.15, -0.1) is 0 Å². The molecule has 3 aromatic rings. The molecule has 2 aromatic heterocycles. The van der Waals surface area contributed by atoms with Gasteiger partial charge in [-0.3, -0.25) is 10.1 Å². The van der Waals surface area contributed by atoms with Crippen molar-refractivity contribution >= 4 is 11.5 Å². The minimum atomic E-state index is -0.411. The van der Waals surface area contributed by atoms with Crippen molar-refractivity contribution in [2.45, 2.75) is 52.1 Å². The second-order valence-corrected chi connectivity index (χ2v) is 7.09. The number of fused-ring (bicyclic) bond motifs is 1. The highest BCUT2D eigenvalue weighted by Crippen LogP contribution is 2.23. The molecule has 0 saturated carbocycles. The van der Waals surface area contributed by atoms with Gasteiger partial charge in [0.2, 0.25) is 0 Å². The quantitative estimate of drug-likeness (QED) is 0.505. The standard InChI is InChI=1S/C20H23N7O2/c1-3-14-11-18(21-15-7-10-19-23-17(4-2)25-26(19)12-15)24-20(22-14)13-5-8-16(9-6-13)27(28)29/h5-6,8-9,11,15H,3-4,7,10,12H2,1-2H3,(H,21,22,24). The SMILES string of the molecule is CCc1cc(NC2CCc3nc(CC)nn3C2)nc(-c2ccc([N+](=O)[O-])cc2)n1. The van der Waals surface area contributed by atoms with Crippen molar-refractivity contribution in [3.05, 3.63) is 57.8 Å². The van der Waals surface area contributed by atoms with Crippen LogP contribution in [-0.4, -0.2) is 35.7 Å². The van der Waals surface area contributed by atoms with E-state index in [2.05, 4.69) is 32.3 Å². The Kier molecular flexibility index (Phi) is 5.20. The largest absolute Gasteiger partial charge is 0.365 e. The molecule has 0 radical (unpaired) electrons. The van der Waals surface area contributed by atoms with E-state index in [4.69, 9.17) is 0 Å². The fourth-order valence-electron chi connectivity index (χ4n) is 3.45. The minimum Gasteiger partial charge on any atom is -0.365 e. The highest BCUT2D eigenvalue weighted by molar-refractivity contribution is 5.59. The molecule has 4 rings (SSSR count). The number of aryl methyl sites for hydroxylation is 3. The van der Waals surface area contributed by atoms with Gasteiger partial charge in [-0.1, -0.05) is 13.8 Å². The second-order valence-electron chi connectivity index (χ2n) is 7.09. The Bertz CT molecular complexity index is 1030. The van der Waals surface area contributed by atoms with E-state index in [1.807, 2.05) is 17.7 Å². The van der Waals surface area contributed by atoms with Crippen molar-refractivity contribution in [3.8, 4) is 11.4 Å². The molecule has 1 aliphatic heterocycles. The molecule has 1 aliphatic rings. The van der Waals surface area contributed by atoms with Gasteiger partial charge in [-0.2, -0.15) is 5.10 Å². The lowest BCUT2D eigenvalue weighted by Gasteiger charge is -2.24. The fourth-order valence-corrected chi connectivity index (χ4v) is 3.45. The maximum atomic E-state index is 10.9. The molecule has 9 nitrogen and oxygen atoms in total. The second kappa shape index (κ2) is 7.94. The number of benzene rings is 1. The molecule has 150 valence electrons. The van der Waals surface area contributed by atoms with E-state index < -0.39 is 4.92 Å². The maximum absolute atomic E-state index is 10.9. The van der Waals surface area contributed by atoms with Gasteiger partial charge < -0.3 is 5.32 Å². The highest BCUT2D eigenvalue weighted by Gasteiger charge is 2.22. The molecule has 0 amide bonds. The number of anilines is 1. The van der Waals surface area contributed by atoms with Crippen LogP contribution in [0, 0.1) is 10.1 Å². The third-order valence-corrected chi connectivity index (χ3v) is 5.05. The van der Waals surface area contributed by atoms with Crippen LogP contribution in [0.1, 0.15) is 37.6 Å². The number of hydrogen-bond acceptors (Lipinski definition) is 7. The van der Waals surface area contributed by atoms with Gasteiger partial charge in [-0.25, -0.2) is 19.6 Å². The Labute approximate surface area is 168 Å². The Morgan fingerprint density at radius 1 is 1.17 bits per heavy atom. The number of nitro groups is 1. The van der Waals surface area contributed by atoms with Crippen LogP contribution >= 0.6 is 0 Å². The molecule has 1 atom stereocenters. The Hall–Kier alpha value is -3.36. The van der Waals surface area contributed by atoms with Gasteiger partial charge in [0.15, 0.2) is 11.6 Å². The molecule has 29 heavy (non-hydrogen) atoms. The number of nitrogens with zero attached hydrogens (tertiary/aromatic N) is 6. The first-order valence-electron chi connectivity index (χ1n) is 9.87. The van der Waals surface area contributed by atoms with E-state index in [-0.39, 0.29) is 11.7 Å². The van der Waals surface area contributed by atoms with E-state index >= 15 is 0 Å². The zero-order valence-corrected chi connectivity index (χ0v) is 16.5. The van der Waals surface area contributed by atoms with E-state index in [0.717, 1.165) is 61.0 Å². The van der Waals surface area contributed by atoms with Gasteiger partial charge in [0, 0.05) is 48.3 Å². The lowest BCUT2D eigenvalue weighted by Crippen LogP contribution is -2.32. The summed E-state index contributed by atoms with van der Waals surface area (Å²) < 4.78 is 1.99. The lowest BCUT2D eigenvalue weighted by atomic mass is 10.1. The normalized spacial score (nSPS) is 15.7. The van der Waals surface area contributed by atoms with Crippen LogP contribution in [-0.2, 0) is 25.8 Å². The van der Waals surface area contributed by atoms with Crippen molar-refractivity contribution in [3.63, 3.8) is 0 Å². The first-order chi connectivity index (χ1) is 14.1. The third kappa shape index (κ3) is 4.08. The average Bonchev–Trinajstić information content (AvgIpc) is 3.16. The van der Waals surface area contributed by atoms with Crippen LogP contribution in [0.2, 0.25) is 0 Å². The topological polar surface area (TPSA) is 112 Å². The zero-order valence-electron chi connectivity index (χ0n) is 16.5. The van der Waals surface area contributed by atoms with Gasteiger partial charge in [-0.05, 0) is 25.0 Å². The maximum Gasteiger partial charge on any atom is 0.269 e. The molecule has 1 N–H and O–H groups in total. The summed E-state index contributed by atoms with van der Waals surface area (Å²) in [6.45, 7) is 4.85. The predicted octanol–water partition coefficient (Wildman–Crippen LogP) is 3.20. The van der Waals surface area contributed by atoms with Crippen molar-refractivity contribution in [1.82, 2.24) is 24.7 Å². The van der Waals surface area contributed by atoms with E-state index in [1.54, 1.807) is 12.1 Å². The van der Waals surface area contributed by atoms with Crippen LogP contribution in [0.15, 0.2) is 30.3 Å². The number of aromatic nitrogens is 5. The molecule has 0 spiro atoms. The summed E-state index contributed by atoms with van der Waals surface area (Å²) in [6.07, 6.45) is 3.45. The molecule has 3 heterocycles. The monoisotopic (exact) mass is 393 g/mol. The van der Waals surface area contributed by atoms with Crippen LogP contribution in [0.3, 0.4) is 0 Å². The van der Waals surface area contributed by atoms with E-state index in [0.29, 0.717) is 5.82 Å². The summed E-state index contributed by atoms with van der Waals surface area (Å²) in [6, 6.07) is 8.49. The van der Waals surface area contributed by atoms with Crippen molar-refractivity contribution in [1.29, 1.82) is 0 Å². The number of rotatable bonds is 6. The molecular formula is C20H23N7O2. The lowest BCUT2D eigenvalue weighted by molar-refractivity contribution is -0.384. The van der Waals surface area contributed by atoms with Crippen molar-refractivity contribution in [2.75, 3.05) is 5.32 Å². The van der Waals surface area contributed by atoms with Gasteiger partial charge in [0.1, 0.15) is 11.6 Å². The summed E-state index contributed by atoms with van der Waals surface area (Å²) in [5.74, 6) is 3.25. The van der Waals surface area contributed by atoms with Crippen LogP contribution in [0.4, 0.5) is 11.5 Å². The fraction of sp³-hybridized carbons (Fsp3) is 0.400. The van der Waals surface area contributed by atoms with Crippen molar-refractivity contribution in [2.24, 2.45) is 0 Å². The first kappa shape index (κ1) is 19.0.